The van der Waals surface area contributed by atoms with Gasteiger partial charge >= 0.3 is 6.18 Å². The molecule has 0 radical (unpaired) electrons. The van der Waals surface area contributed by atoms with E-state index < -0.39 is 12.7 Å². The summed E-state index contributed by atoms with van der Waals surface area (Å²) in [6, 6.07) is 0.175. The molecule has 0 amide bonds. The van der Waals surface area contributed by atoms with Gasteiger partial charge in [0.15, 0.2) is 0 Å². The normalized spacial score (nSPS) is 29.5. The van der Waals surface area contributed by atoms with Gasteiger partial charge in [0, 0.05) is 12.1 Å². The van der Waals surface area contributed by atoms with E-state index in [0.717, 1.165) is 19.3 Å². The molecule has 0 aliphatic heterocycles. The third-order valence-electron chi connectivity index (χ3n) is 2.45. The van der Waals surface area contributed by atoms with Gasteiger partial charge in [0.25, 0.3) is 0 Å². The molecular formula is C8H15F3N2. The van der Waals surface area contributed by atoms with Gasteiger partial charge in [-0.2, -0.15) is 13.2 Å². The summed E-state index contributed by atoms with van der Waals surface area (Å²) in [5, 5.41) is 5.56. The van der Waals surface area contributed by atoms with Crippen LogP contribution < -0.4 is 10.6 Å². The summed E-state index contributed by atoms with van der Waals surface area (Å²) < 4.78 is 35.6. The molecule has 1 aliphatic rings. The fourth-order valence-corrected chi connectivity index (χ4v) is 1.80. The number of alkyl halides is 3. The molecule has 1 aliphatic carbocycles. The third kappa shape index (κ3) is 3.52. The number of rotatable bonds is 3. The number of halogens is 3. The van der Waals surface area contributed by atoms with Gasteiger partial charge in [0.05, 0.1) is 6.54 Å². The Morgan fingerprint density at radius 3 is 2.38 bits per heavy atom. The van der Waals surface area contributed by atoms with Crippen LogP contribution >= 0.6 is 0 Å². The molecule has 1 saturated carbocycles. The molecule has 2 unspecified atom stereocenters. The van der Waals surface area contributed by atoms with E-state index in [1.165, 1.54) is 0 Å². The Balaban J connectivity index is 2.28. The van der Waals surface area contributed by atoms with Crippen molar-refractivity contribution in [1.29, 1.82) is 0 Å². The van der Waals surface area contributed by atoms with Gasteiger partial charge in [0.1, 0.15) is 0 Å². The largest absolute Gasteiger partial charge is 0.401 e. The van der Waals surface area contributed by atoms with E-state index in [-0.39, 0.29) is 12.1 Å². The Hall–Kier alpha value is -0.290. The summed E-state index contributed by atoms with van der Waals surface area (Å²) in [4.78, 5) is 0. The van der Waals surface area contributed by atoms with Crippen LogP contribution in [0.2, 0.25) is 0 Å². The second-order valence-electron chi connectivity index (χ2n) is 3.43. The van der Waals surface area contributed by atoms with Crippen LogP contribution in [0.25, 0.3) is 0 Å². The highest BCUT2D eigenvalue weighted by atomic mass is 19.4. The zero-order valence-corrected chi connectivity index (χ0v) is 7.62. The standard InChI is InChI=1S/C8H15F3N2/c1-12-6-3-2-4-7(6)13-5-8(9,10)11/h6-7,12-13H,2-5H2,1H3. The number of hydrogen-bond donors (Lipinski definition) is 2. The maximum absolute atomic E-state index is 11.9. The fourth-order valence-electron chi connectivity index (χ4n) is 1.80. The lowest BCUT2D eigenvalue weighted by molar-refractivity contribution is -0.126. The molecule has 0 aromatic rings. The maximum atomic E-state index is 11.9. The van der Waals surface area contributed by atoms with Crippen LogP contribution in [0.15, 0.2) is 0 Å². The van der Waals surface area contributed by atoms with Crippen LogP contribution in [0.1, 0.15) is 19.3 Å². The Morgan fingerprint density at radius 1 is 1.23 bits per heavy atom. The van der Waals surface area contributed by atoms with Crippen LogP contribution in [-0.4, -0.2) is 31.9 Å². The molecule has 13 heavy (non-hydrogen) atoms. The van der Waals surface area contributed by atoms with Crippen LogP contribution in [0.3, 0.4) is 0 Å². The Bertz CT molecular complexity index is 158. The molecule has 5 heteroatoms. The van der Waals surface area contributed by atoms with Crippen LogP contribution in [0.4, 0.5) is 13.2 Å². The van der Waals surface area contributed by atoms with Crippen molar-refractivity contribution >= 4 is 0 Å². The lowest BCUT2D eigenvalue weighted by Crippen LogP contribution is -2.46. The second kappa shape index (κ2) is 4.28. The van der Waals surface area contributed by atoms with Gasteiger partial charge < -0.3 is 10.6 Å². The maximum Gasteiger partial charge on any atom is 0.401 e. The summed E-state index contributed by atoms with van der Waals surface area (Å²) in [5.41, 5.74) is 0. The molecule has 0 heterocycles. The predicted molar refractivity (Wildman–Crippen MR) is 44.5 cm³/mol. The second-order valence-corrected chi connectivity index (χ2v) is 3.43. The summed E-state index contributed by atoms with van der Waals surface area (Å²) in [7, 11) is 1.79. The van der Waals surface area contributed by atoms with Gasteiger partial charge in [-0.15, -0.1) is 0 Å². The average Bonchev–Trinajstić information content (AvgIpc) is 2.46. The van der Waals surface area contributed by atoms with Crippen molar-refractivity contribution in [3.05, 3.63) is 0 Å². The van der Waals surface area contributed by atoms with Crippen molar-refractivity contribution in [2.24, 2.45) is 0 Å². The first kappa shape index (κ1) is 10.8. The van der Waals surface area contributed by atoms with Crippen molar-refractivity contribution in [2.45, 2.75) is 37.5 Å². The molecule has 2 atom stereocenters. The highest BCUT2D eigenvalue weighted by Gasteiger charge is 2.31. The Labute approximate surface area is 75.9 Å². The van der Waals surface area contributed by atoms with Crippen molar-refractivity contribution in [2.75, 3.05) is 13.6 Å². The first-order valence-corrected chi connectivity index (χ1v) is 4.50. The van der Waals surface area contributed by atoms with E-state index in [2.05, 4.69) is 10.6 Å². The minimum atomic E-state index is -4.10. The number of likely N-dealkylation sites (N-methyl/N-ethyl adjacent to an activating group) is 1. The van der Waals surface area contributed by atoms with Crippen LogP contribution in [-0.2, 0) is 0 Å². The smallest absolute Gasteiger partial charge is 0.315 e. The van der Waals surface area contributed by atoms with E-state index in [9.17, 15) is 13.2 Å². The van der Waals surface area contributed by atoms with Crippen molar-refractivity contribution in [3.63, 3.8) is 0 Å². The van der Waals surface area contributed by atoms with Crippen molar-refractivity contribution in [3.8, 4) is 0 Å². The van der Waals surface area contributed by atoms with E-state index >= 15 is 0 Å². The molecular weight excluding hydrogens is 181 g/mol. The van der Waals surface area contributed by atoms with Crippen molar-refractivity contribution in [1.82, 2.24) is 10.6 Å². The topological polar surface area (TPSA) is 24.1 Å². The monoisotopic (exact) mass is 196 g/mol. The zero-order chi connectivity index (χ0) is 9.90. The van der Waals surface area contributed by atoms with E-state index in [1.54, 1.807) is 7.05 Å². The molecule has 0 bridgehead atoms. The van der Waals surface area contributed by atoms with Gasteiger partial charge in [-0.3, -0.25) is 0 Å². The summed E-state index contributed by atoms with van der Waals surface area (Å²) in [5.74, 6) is 0. The van der Waals surface area contributed by atoms with Crippen LogP contribution in [0.5, 0.6) is 0 Å². The Morgan fingerprint density at radius 2 is 1.85 bits per heavy atom. The molecule has 78 valence electrons. The molecule has 0 aromatic heterocycles. The SMILES string of the molecule is CNC1CCCC1NCC(F)(F)F. The predicted octanol–water partition coefficient (Wildman–Crippen LogP) is 1.28. The van der Waals surface area contributed by atoms with Crippen LogP contribution in [0, 0.1) is 0 Å². The average molecular weight is 196 g/mol. The minimum Gasteiger partial charge on any atom is -0.315 e. The fraction of sp³-hybridized carbons (Fsp3) is 1.00. The number of hydrogen-bond acceptors (Lipinski definition) is 2. The quantitative estimate of drug-likeness (QED) is 0.710. The lowest BCUT2D eigenvalue weighted by Gasteiger charge is -2.21. The molecule has 2 N–H and O–H groups in total. The molecule has 2 nitrogen and oxygen atoms in total. The summed E-state index contributed by atoms with van der Waals surface area (Å²) in [6.45, 7) is -0.879. The summed E-state index contributed by atoms with van der Waals surface area (Å²) >= 11 is 0. The highest BCUT2D eigenvalue weighted by molar-refractivity contribution is 4.87. The first-order valence-electron chi connectivity index (χ1n) is 4.50. The molecule has 0 spiro atoms. The van der Waals surface area contributed by atoms with Gasteiger partial charge in [0.2, 0.25) is 0 Å². The lowest BCUT2D eigenvalue weighted by atomic mass is 10.2. The molecule has 1 fully saturated rings. The minimum absolute atomic E-state index is 0.0216. The van der Waals surface area contributed by atoms with E-state index in [0.29, 0.717) is 0 Å². The summed E-state index contributed by atoms with van der Waals surface area (Å²) in [6.07, 6.45) is -1.30. The van der Waals surface area contributed by atoms with Crippen molar-refractivity contribution < 1.29 is 13.2 Å². The Kier molecular flexibility index (Phi) is 3.55. The van der Waals surface area contributed by atoms with Gasteiger partial charge in [-0.1, -0.05) is 6.42 Å². The molecule has 0 saturated heterocycles. The highest BCUT2D eigenvalue weighted by Crippen LogP contribution is 2.20. The van der Waals surface area contributed by atoms with E-state index in [4.69, 9.17) is 0 Å². The van der Waals surface area contributed by atoms with Gasteiger partial charge in [-0.25, -0.2) is 0 Å². The van der Waals surface area contributed by atoms with Gasteiger partial charge in [-0.05, 0) is 19.9 Å². The number of nitrogens with one attached hydrogen (secondary N) is 2. The molecule has 1 rings (SSSR count). The molecule has 0 aromatic carbocycles. The van der Waals surface area contributed by atoms with E-state index in [1.807, 2.05) is 0 Å². The zero-order valence-electron chi connectivity index (χ0n) is 7.62. The first-order chi connectivity index (χ1) is 6.03. The third-order valence-corrected chi connectivity index (χ3v) is 2.45.